The first-order chi connectivity index (χ1) is 15.5. The van der Waals surface area contributed by atoms with Crippen molar-refractivity contribution in [2.45, 2.75) is 23.9 Å². The first-order valence-electron chi connectivity index (χ1n) is 10.7. The molecular weight excluding hydrogens is 432 g/mol. The number of hydrogen-bond donors (Lipinski definition) is 2. The molecule has 2 aliphatic rings. The van der Waals surface area contributed by atoms with Crippen LogP contribution in [0.15, 0.2) is 42.6 Å². The Morgan fingerprint density at radius 2 is 2.03 bits per heavy atom. The van der Waals surface area contributed by atoms with E-state index in [9.17, 15) is 4.79 Å². The van der Waals surface area contributed by atoms with Crippen LogP contribution in [0, 0.1) is 0 Å². The third-order valence-corrected chi connectivity index (χ3v) is 6.48. The van der Waals surface area contributed by atoms with Crippen molar-refractivity contribution in [3.8, 4) is 5.75 Å². The number of hydrogen-bond acceptors (Lipinski definition) is 6. The quantitative estimate of drug-likeness (QED) is 0.660. The predicted molar refractivity (Wildman–Crippen MR) is 123 cm³/mol. The lowest BCUT2D eigenvalue weighted by molar-refractivity contribution is -0.172. The van der Waals surface area contributed by atoms with E-state index in [1.54, 1.807) is 44.7 Å². The SMILES string of the molecule is COCC1(N2CC[C@@H](NC(=O)Nc3ccc(Cl)cc3)[C@H](c3ccc(OC)cn3)C2)COC1. The summed E-state index contributed by atoms with van der Waals surface area (Å²) in [5.41, 5.74) is 1.49. The molecule has 8 nitrogen and oxygen atoms in total. The van der Waals surface area contributed by atoms with E-state index < -0.39 is 0 Å². The van der Waals surface area contributed by atoms with Crippen molar-refractivity contribution in [2.75, 3.05) is 52.4 Å². The van der Waals surface area contributed by atoms with Gasteiger partial charge in [-0.1, -0.05) is 11.6 Å². The van der Waals surface area contributed by atoms with Crippen LogP contribution < -0.4 is 15.4 Å². The average Bonchev–Trinajstić information content (AvgIpc) is 2.78. The second-order valence-corrected chi connectivity index (χ2v) is 8.76. The summed E-state index contributed by atoms with van der Waals surface area (Å²) in [5.74, 6) is 0.717. The minimum absolute atomic E-state index is 0.0138. The van der Waals surface area contributed by atoms with Crippen molar-refractivity contribution in [1.29, 1.82) is 0 Å². The summed E-state index contributed by atoms with van der Waals surface area (Å²) in [6.07, 6.45) is 2.51. The van der Waals surface area contributed by atoms with E-state index in [1.807, 2.05) is 12.1 Å². The maximum atomic E-state index is 12.7. The Bertz CT molecular complexity index is 905. The number of rotatable bonds is 7. The van der Waals surface area contributed by atoms with Crippen LogP contribution in [0.5, 0.6) is 5.75 Å². The lowest BCUT2D eigenvalue weighted by Crippen LogP contribution is -2.68. The van der Waals surface area contributed by atoms with Gasteiger partial charge in [-0.2, -0.15) is 0 Å². The minimum atomic E-state index is -0.247. The van der Waals surface area contributed by atoms with E-state index in [0.717, 1.165) is 25.2 Å². The number of likely N-dealkylation sites (tertiary alicyclic amines) is 1. The van der Waals surface area contributed by atoms with E-state index in [-0.39, 0.29) is 23.5 Å². The van der Waals surface area contributed by atoms with Gasteiger partial charge in [0.15, 0.2) is 0 Å². The number of carbonyl (C=O) groups is 1. The van der Waals surface area contributed by atoms with E-state index in [0.29, 0.717) is 36.3 Å². The number of carbonyl (C=O) groups excluding carboxylic acids is 1. The van der Waals surface area contributed by atoms with Crippen molar-refractivity contribution in [1.82, 2.24) is 15.2 Å². The van der Waals surface area contributed by atoms with Gasteiger partial charge >= 0.3 is 6.03 Å². The number of methoxy groups -OCH3 is 2. The van der Waals surface area contributed by atoms with Gasteiger partial charge in [0.2, 0.25) is 0 Å². The fourth-order valence-electron chi connectivity index (χ4n) is 4.42. The van der Waals surface area contributed by atoms with E-state index in [2.05, 4.69) is 20.5 Å². The highest BCUT2D eigenvalue weighted by Crippen LogP contribution is 2.34. The van der Waals surface area contributed by atoms with Gasteiger partial charge < -0.3 is 24.8 Å². The topological polar surface area (TPSA) is 85.0 Å². The molecule has 0 spiro atoms. The highest BCUT2D eigenvalue weighted by molar-refractivity contribution is 6.30. The van der Waals surface area contributed by atoms with Crippen molar-refractivity contribution >= 4 is 23.3 Å². The Kier molecular flexibility index (Phi) is 7.15. The molecule has 2 saturated heterocycles. The van der Waals surface area contributed by atoms with Crippen LogP contribution >= 0.6 is 11.6 Å². The molecule has 9 heteroatoms. The summed E-state index contributed by atoms with van der Waals surface area (Å²) in [6, 6.07) is 10.6. The zero-order chi connectivity index (χ0) is 22.6. The maximum absolute atomic E-state index is 12.7. The Morgan fingerprint density at radius 3 is 2.62 bits per heavy atom. The smallest absolute Gasteiger partial charge is 0.319 e. The Morgan fingerprint density at radius 1 is 1.25 bits per heavy atom. The first-order valence-corrected chi connectivity index (χ1v) is 11.1. The molecule has 0 aliphatic carbocycles. The molecular formula is C23H29ClN4O4. The number of nitrogens with zero attached hydrogens (tertiary/aromatic N) is 2. The number of benzene rings is 1. The van der Waals surface area contributed by atoms with Gasteiger partial charge in [-0.3, -0.25) is 9.88 Å². The monoisotopic (exact) mass is 460 g/mol. The van der Waals surface area contributed by atoms with Gasteiger partial charge in [0.05, 0.1) is 38.7 Å². The van der Waals surface area contributed by atoms with Gasteiger partial charge in [-0.25, -0.2) is 4.79 Å². The third-order valence-electron chi connectivity index (χ3n) is 6.23. The van der Waals surface area contributed by atoms with E-state index in [4.69, 9.17) is 25.8 Å². The van der Waals surface area contributed by atoms with Crippen LogP contribution in [0.3, 0.4) is 0 Å². The number of halogens is 1. The van der Waals surface area contributed by atoms with Gasteiger partial charge in [0, 0.05) is 48.6 Å². The summed E-state index contributed by atoms with van der Waals surface area (Å²) in [5, 5.41) is 6.67. The van der Waals surface area contributed by atoms with Crippen LogP contribution in [-0.2, 0) is 9.47 Å². The molecule has 32 heavy (non-hydrogen) atoms. The molecule has 1 aromatic heterocycles. The summed E-state index contributed by atoms with van der Waals surface area (Å²) in [7, 11) is 3.34. The maximum Gasteiger partial charge on any atom is 0.319 e. The molecule has 3 heterocycles. The number of nitrogens with one attached hydrogen (secondary N) is 2. The van der Waals surface area contributed by atoms with Gasteiger partial charge in [0.1, 0.15) is 5.75 Å². The molecule has 172 valence electrons. The second-order valence-electron chi connectivity index (χ2n) is 8.33. The molecule has 0 bridgehead atoms. The first kappa shape index (κ1) is 22.8. The average molecular weight is 461 g/mol. The summed E-state index contributed by atoms with van der Waals surface area (Å²) in [6.45, 7) is 3.51. The standard InChI is InChI=1S/C23H29ClN4O4/c1-30-13-23(14-32-15-23)28-10-9-21(19(12-28)20-8-7-18(31-2)11-25-20)27-22(29)26-17-5-3-16(24)4-6-17/h3-8,11,19,21H,9-10,12-15H2,1-2H3,(H2,26,27,29)/t19-,21+/m0/s1. The number of ether oxygens (including phenoxy) is 3. The van der Waals surface area contributed by atoms with Crippen molar-refractivity contribution in [3.63, 3.8) is 0 Å². The fraction of sp³-hybridized carbons (Fsp3) is 0.478. The number of amides is 2. The van der Waals surface area contributed by atoms with Crippen molar-refractivity contribution < 1.29 is 19.0 Å². The van der Waals surface area contributed by atoms with Crippen LogP contribution in [0.25, 0.3) is 0 Å². The fourth-order valence-corrected chi connectivity index (χ4v) is 4.55. The molecule has 0 unspecified atom stereocenters. The van der Waals surface area contributed by atoms with Crippen molar-refractivity contribution in [2.24, 2.45) is 0 Å². The third kappa shape index (κ3) is 4.99. The number of aromatic nitrogens is 1. The van der Waals surface area contributed by atoms with Gasteiger partial charge in [0.25, 0.3) is 0 Å². The Hall–Kier alpha value is -2.39. The molecule has 1 aromatic carbocycles. The molecule has 2 fully saturated rings. The van der Waals surface area contributed by atoms with E-state index >= 15 is 0 Å². The Balaban J connectivity index is 1.50. The zero-order valence-electron chi connectivity index (χ0n) is 18.3. The normalized spacial score (nSPS) is 22.6. The molecule has 2 aromatic rings. The van der Waals surface area contributed by atoms with Crippen LogP contribution in [0.1, 0.15) is 18.0 Å². The summed E-state index contributed by atoms with van der Waals surface area (Å²) >= 11 is 5.94. The number of pyridine rings is 1. The molecule has 0 radical (unpaired) electrons. The van der Waals surface area contributed by atoms with Crippen molar-refractivity contribution in [3.05, 3.63) is 53.3 Å². The molecule has 2 amide bonds. The molecule has 0 saturated carbocycles. The highest BCUT2D eigenvalue weighted by Gasteiger charge is 2.47. The summed E-state index contributed by atoms with van der Waals surface area (Å²) in [4.78, 5) is 19.8. The largest absolute Gasteiger partial charge is 0.495 e. The van der Waals surface area contributed by atoms with E-state index in [1.165, 1.54) is 0 Å². The van der Waals surface area contributed by atoms with Gasteiger partial charge in [-0.15, -0.1) is 0 Å². The summed E-state index contributed by atoms with van der Waals surface area (Å²) < 4.78 is 16.3. The van der Waals surface area contributed by atoms with Crippen LogP contribution in [-0.4, -0.2) is 74.6 Å². The van der Waals surface area contributed by atoms with Crippen LogP contribution in [0.2, 0.25) is 5.02 Å². The second kappa shape index (κ2) is 10.0. The molecule has 2 N–H and O–H groups in total. The predicted octanol–water partition coefficient (Wildman–Crippen LogP) is 3.14. The number of anilines is 1. The molecule has 2 aliphatic heterocycles. The lowest BCUT2D eigenvalue weighted by Gasteiger charge is -2.53. The van der Waals surface area contributed by atoms with Gasteiger partial charge in [-0.05, 0) is 42.8 Å². The number of piperidine rings is 1. The molecule has 4 rings (SSSR count). The zero-order valence-corrected chi connectivity index (χ0v) is 19.1. The number of urea groups is 1. The minimum Gasteiger partial charge on any atom is -0.495 e. The molecule has 2 atom stereocenters. The van der Waals surface area contributed by atoms with Crippen LogP contribution in [0.4, 0.5) is 10.5 Å². The Labute approximate surface area is 193 Å². The highest BCUT2D eigenvalue weighted by atomic mass is 35.5. The lowest BCUT2D eigenvalue weighted by atomic mass is 9.84.